The van der Waals surface area contributed by atoms with Crippen molar-refractivity contribution in [2.75, 3.05) is 13.7 Å². The first-order valence-corrected chi connectivity index (χ1v) is 9.91. The Hall–Kier alpha value is -3.20. The second-order valence-electron chi connectivity index (χ2n) is 7.92. The fraction of sp³-hybridized carbons (Fsp3) is 0.429. The minimum Gasteiger partial charge on any atom is -0.497 e. The maximum absolute atomic E-state index is 13.3. The van der Waals surface area contributed by atoms with Crippen LogP contribution in [0.4, 0.5) is 0 Å². The second kappa shape index (κ2) is 7.91. The molecule has 0 radical (unpaired) electrons. The molecule has 0 fully saturated rings. The van der Waals surface area contributed by atoms with Gasteiger partial charge in [-0.3, -0.25) is 14.5 Å². The number of ether oxygens (including phenoxy) is 2. The highest BCUT2D eigenvalue weighted by molar-refractivity contribution is 5.84. The molecule has 1 unspecified atom stereocenters. The number of nitrogens with zero attached hydrogens (tertiary/aromatic N) is 4. The van der Waals surface area contributed by atoms with E-state index >= 15 is 0 Å². The largest absolute Gasteiger partial charge is 0.497 e. The summed E-state index contributed by atoms with van der Waals surface area (Å²) in [6.07, 6.45) is 1.72. The molecule has 9 heteroatoms. The maximum Gasteiger partial charge on any atom is 0.248 e. The topological polar surface area (TPSA) is 107 Å². The summed E-state index contributed by atoms with van der Waals surface area (Å²) in [4.78, 5) is 13.3. The lowest BCUT2D eigenvalue weighted by atomic mass is 9.98. The van der Waals surface area contributed by atoms with E-state index in [0.29, 0.717) is 19.0 Å². The lowest BCUT2D eigenvalue weighted by Crippen LogP contribution is -2.53. The van der Waals surface area contributed by atoms with Crippen LogP contribution in [-0.4, -0.2) is 44.6 Å². The number of hydrogen-bond donors (Lipinski definition) is 2. The molecule has 0 spiro atoms. The molecule has 158 valence electrons. The van der Waals surface area contributed by atoms with E-state index < -0.39 is 5.54 Å². The van der Waals surface area contributed by atoms with Gasteiger partial charge in [0.05, 0.1) is 25.6 Å². The summed E-state index contributed by atoms with van der Waals surface area (Å²) < 4.78 is 12.9. The number of nitrogens with one attached hydrogen (secondary N) is 2. The first-order chi connectivity index (χ1) is 14.4. The molecule has 0 saturated heterocycles. The first kappa shape index (κ1) is 20.1. The zero-order valence-electron chi connectivity index (χ0n) is 17.6. The Morgan fingerprint density at radius 3 is 3.00 bits per heavy atom. The molecule has 1 amide bonds. The number of carbonyl (C=O) groups excluding carboxylic acids is 1. The third kappa shape index (κ3) is 3.45. The highest BCUT2D eigenvalue weighted by Gasteiger charge is 2.42. The van der Waals surface area contributed by atoms with Gasteiger partial charge in [-0.15, -0.1) is 10.2 Å². The van der Waals surface area contributed by atoms with Crippen molar-refractivity contribution in [3.8, 4) is 17.0 Å². The highest BCUT2D eigenvalue weighted by Crippen LogP contribution is 2.30. The van der Waals surface area contributed by atoms with E-state index in [9.17, 15) is 4.79 Å². The average Bonchev–Trinajstić information content (AvgIpc) is 3.40. The van der Waals surface area contributed by atoms with Crippen LogP contribution in [0, 0.1) is 0 Å². The zero-order valence-corrected chi connectivity index (χ0v) is 17.6. The standard InChI is InChI=1S/C21H26N6O3/c1-13(2)19-26-24-17-11-30-12-21(3,27(17)19)20(28)22-9-15-10-23-25-18(15)14-6-5-7-16(8-14)29-4/h5-8,10,13H,9,11-12H2,1-4H3,(H,22,28)(H,23,25). The van der Waals surface area contributed by atoms with Crippen molar-refractivity contribution in [3.05, 3.63) is 47.7 Å². The Balaban J connectivity index is 1.56. The van der Waals surface area contributed by atoms with Crippen LogP contribution in [0.2, 0.25) is 0 Å². The van der Waals surface area contributed by atoms with E-state index in [4.69, 9.17) is 9.47 Å². The molecule has 0 aliphatic carbocycles. The van der Waals surface area contributed by atoms with Crippen molar-refractivity contribution in [1.82, 2.24) is 30.3 Å². The van der Waals surface area contributed by atoms with Gasteiger partial charge >= 0.3 is 0 Å². The molecule has 2 aromatic heterocycles. The summed E-state index contributed by atoms with van der Waals surface area (Å²) in [5.41, 5.74) is 1.74. The first-order valence-electron chi connectivity index (χ1n) is 9.91. The minimum atomic E-state index is -0.920. The molecule has 30 heavy (non-hydrogen) atoms. The number of benzene rings is 1. The minimum absolute atomic E-state index is 0.144. The van der Waals surface area contributed by atoms with Crippen LogP contribution in [0.25, 0.3) is 11.3 Å². The van der Waals surface area contributed by atoms with Crippen molar-refractivity contribution in [2.24, 2.45) is 0 Å². The van der Waals surface area contributed by atoms with E-state index in [2.05, 4.69) is 25.7 Å². The molecule has 1 aliphatic rings. The molecule has 4 rings (SSSR count). The van der Waals surface area contributed by atoms with Gasteiger partial charge in [0, 0.05) is 23.6 Å². The number of carbonyl (C=O) groups is 1. The van der Waals surface area contributed by atoms with Crippen molar-refractivity contribution >= 4 is 5.91 Å². The Kier molecular flexibility index (Phi) is 5.29. The number of hydrogen-bond acceptors (Lipinski definition) is 6. The number of fused-ring (bicyclic) bond motifs is 1. The predicted molar refractivity (Wildman–Crippen MR) is 110 cm³/mol. The Morgan fingerprint density at radius 1 is 1.40 bits per heavy atom. The summed E-state index contributed by atoms with van der Waals surface area (Å²) in [6.45, 7) is 6.88. The lowest BCUT2D eigenvalue weighted by Gasteiger charge is -2.35. The molecule has 1 aliphatic heterocycles. The number of aromatic amines is 1. The van der Waals surface area contributed by atoms with E-state index in [1.165, 1.54) is 0 Å². The summed E-state index contributed by atoms with van der Waals surface area (Å²) in [5.74, 6) is 2.20. The number of methoxy groups -OCH3 is 1. The molecular weight excluding hydrogens is 384 g/mol. The maximum atomic E-state index is 13.3. The summed E-state index contributed by atoms with van der Waals surface area (Å²) in [6, 6.07) is 7.69. The van der Waals surface area contributed by atoms with Crippen LogP contribution in [-0.2, 0) is 28.2 Å². The molecule has 0 bridgehead atoms. The Morgan fingerprint density at radius 2 is 2.23 bits per heavy atom. The number of amides is 1. The van der Waals surface area contributed by atoms with Gasteiger partial charge in [-0.2, -0.15) is 5.10 Å². The third-order valence-electron chi connectivity index (χ3n) is 5.38. The quantitative estimate of drug-likeness (QED) is 0.646. The number of H-pyrrole nitrogens is 1. The van der Waals surface area contributed by atoms with Crippen molar-refractivity contribution in [3.63, 3.8) is 0 Å². The second-order valence-corrected chi connectivity index (χ2v) is 7.92. The van der Waals surface area contributed by atoms with Crippen molar-refractivity contribution in [1.29, 1.82) is 0 Å². The van der Waals surface area contributed by atoms with Gasteiger partial charge in [0.1, 0.15) is 23.7 Å². The molecular formula is C21H26N6O3. The smallest absolute Gasteiger partial charge is 0.248 e. The monoisotopic (exact) mass is 410 g/mol. The van der Waals surface area contributed by atoms with Crippen molar-refractivity contribution < 1.29 is 14.3 Å². The summed E-state index contributed by atoms with van der Waals surface area (Å²) >= 11 is 0. The van der Waals surface area contributed by atoms with Gasteiger partial charge in [-0.1, -0.05) is 26.0 Å². The van der Waals surface area contributed by atoms with E-state index in [-0.39, 0.29) is 18.4 Å². The Bertz CT molecular complexity index is 1060. The highest BCUT2D eigenvalue weighted by atomic mass is 16.5. The zero-order chi connectivity index (χ0) is 21.3. The van der Waals surface area contributed by atoms with Gasteiger partial charge < -0.3 is 14.8 Å². The van der Waals surface area contributed by atoms with Gasteiger partial charge in [0.15, 0.2) is 5.82 Å². The predicted octanol–water partition coefficient (Wildman–Crippen LogP) is 2.36. The van der Waals surface area contributed by atoms with E-state index in [1.54, 1.807) is 13.3 Å². The number of aromatic nitrogens is 5. The van der Waals surface area contributed by atoms with Gasteiger partial charge in [-0.25, -0.2) is 0 Å². The third-order valence-corrected chi connectivity index (χ3v) is 5.38. The van der Waals surface area contributed by atoms with Crippen LogP contribution < -0.4 is 10.1 Å². The van der Waals surface area contributed by atoms with Crippen LogP contribution in [0.1, 0.15) is 43.9 Å². The summed E-state index contributed by atoms with van der Waals surface area (Å²) in [5, 5.41) is 18.7. The molecule has 3 heterocycles. The van der Waals surface area contributed by atoms with E-state index in [0.717, 1.165) is 28.4 Å². The van der Waals surface area contributed by atoms with Gasteiger partial charge in [0.2, 0.25) is 5.91 Å². The molecule has 1 aromatic carbocycles. The van der Waals surface area contributed by atoms with Crippen molar-refractivity contribution in [2.45, 2.75) is 45.4 Å². The average molecular weight is 410 g/mol. The Labute approximate surface area is 174 Å². The van der Waals surface area contributed by atoms with Gasteiger partial charge in [-0.05, 0) is 19.1 Å². The SMILES string of the molecule is COc1cccc(-c2[nH]ncc2CNC(=O)C2(C)COCc3nnc(C(C)C)n32)c1. The van der Waals surface area contributed by atoms with Crippen LogP contribution in [0.5, 0.6) is 5.75 Å². The van der Waals surface area contributed by atoms with E-state index in [1.807, 2.05) is 49.6 Å². The lowest BCUT2D eigenvalue weighted by molar-refractivity contribution is -0.135. The van der Waals surface area contributed by atoms with Crippen LogP contribution in [0.3, 0.4) is 0 Å². The van der Waals surface area contributed by atoms with Crippen LogP contribution >= 0.6 is 0 Å². The number of rotatable bonds is 6. The van der Waals surface area contributed by atoms with Crippen LogP contribution in [0.15, 0.2) is 30.5 Å². The van der Waals surface area contributed by atoms with Gasteiger partial charge in [0.25, 0.3) is 0 Å². The fourth-order valence-corrected chi connectivity index (χ4v) is 3.75. The molecule has 1 atom stereocenters. The fourth-order valence-electron chi connectivity index (χ4n) is 3.75. The molecule has 9 nitrogen and oxygen atoms in total. The molecule has 0 saturated carbocycles. The summed E-state index contributed by atoms with van der Waals surface area (Å²) in [7, 11) is 1.63. The molecule has 2 N–H and O–H groups in total. The normalized spacial score (nSPS) is 18.3. The molecule has 3 aromatic rings.